The van der Waals surface area contributed by atoms with Crippen LogP contribution in [-0.4, -0.2) is 28.5 Å². The molecule has 0 radical (unpaired) electrons. The summed E-state index contributed by atoms with van der Waals surface area (Å²) in [6.07, 6.45) is 1.25. The highest BCUT2D eigenvalue weighted by molar-refractivity contribution is 8.00. The van der Waals surface area contributed by atoms with Crippen LogP contribution in [0.1, 0.15) is 29.5 Å². The molecular weight excluding hydrogens is 344 g/mol. The minimum atomic E-state index is -0.435. The number of carbonyl (C=O) groups is 2. The van der Waals surface area contributed by atoms with Gasteiger partial charge < -0.3 is 10.2 Å². The SMILES string of the molecule is Cc1ccc(C)c(NC(=O)[C@@H]2CS[C@]3(c4ccccc4)CCC(=O)N23)c1. The van der Waals surface area contributed by atoms with Crippen LogP contribution < -0.4 is 5.32 Å². The van der Waals surface area contributed by atoms with Gasteiger partial charge in [-0.15, -0.1) is 11.8 Å². The van der Waals surface area contributed by atoms with Crippen molar-refractivity contribution in [2.75, 3.05) is 11.1 Å². The number of benzene rings is 2. The average molecular weight is 366 g/mol. The van der Waals surface area contributed by atoms with Gasteiger partial charge in [-0.25, -0.2) is 0 Å². The van der Waals surface area contributed by atoms with Crippen LogP contribution in [0.5, 0.6) is 0 Å². The van der Waals surface area contributed by atoms with Gasteiger partial charge in [-0.3, -0.25) is 9.59 Å². The molecule has 0 aromatic heterocycles. The van der Waals surface area contributed by atoms with Gasteiger partial charge in [0.2, 0.25) is 11.8 Å². The summed E-state index contributed by atoms with van der Waals surface area (Å²) < 4.78 is 0. The van der Waals surface area contributed by atoms with Crippen molar-refractivity contribution in [1.82, 2.24) is 4.90 Å². The van der Waals surface area contributed by atoms with Gasteiger partial charge in [0.15, 0.2) is 0 Å². The lowest BCUT2D eigenvalue weighted by atomic mass is 10.0. The number of fused-ring (bicyclic) bond motifs is 1. The van der Waals surface area contributed by atoms with E-state index in [2.05, 4.69) is 17.4 Å². The Hall–Kier alpha value is -2.27. The van der Waals surface area contributed by atoms with Crippen molar-refractivity contribution in [3.05, 3.63) is 65.2 Å². The quantitative estimate of drug-likeness (QED) is 0.898. The van der Waals surface area contributed by atoms with E-state index in [1.165, 1.54) is 0 Å². The van der Waals surface area contributed by atoms with E-state index in [9.17, 15) is 9.59 Å². The molecule has 2 fully saturated rings. The number of anilines is 1. The lowest BCUT2D eigenvalue weighted by Gasteiger charge is -2.34. The summed E-state index contributed by atoms with van der Waals surface area (Å²) in [5.41, 5.74) is 4.06. The summed E-state index contributed by atoms with van der Waals surface area (Å²) in [5, 5.41) is 3.05. The van der Waals surface area contributed by atoms with Crippen LogP contribution in [0.2, 0.25) is 0 Å². The van der Waals surface area contributed by atoms with Crippen molar-refractivity contribution in [3.8, 4) is 0 Å². The number of nitrogens with zero attached hydrogens (tertiary/aromatic N) is 1. The van der Waals surface area contributed by atoms with Crippen molar-refractivity contribution in [2.24, 2.45) is 0 Å². The van der Waals surface area contributed by atoms with Gasteiger partial charge in [-0.05, 0) is 43.0 Å². The Balaban J connectivity index is 1.63. The van der Waals surface area contributed by atoms with Gasteiger partial charge in [0, 0.05) is 17.9 Å². The second kappa shape index (κ2) is 6.47. The fourth-order valence-corrected chi connectivity index (χ4v) is 5.57. The van der Waals surface area contributed by atoms with Crippen molar-refractivity contribution >= 4 is 29.3 Å². The molecule has 2 aromatic rings. The molecule has 5 heteroatoms. The lowest BCUT2D eigenvalue weighted by molar-refractivity contribution is -0.136. The first-order valence-electron chi connectivity index (χ1n) is 8.91. The zero-order chi connectivity index (χ0) is 18.3. The minimum absolute atomic E-state index is 0.0694. The lowest BCUT2D eigenvalue weighted by Crippen LogP contribution is -2.48. The molecule has 2 amide bonds. The number of amides is 2. The van der Waals surface area contributed by atoms with Crippen molar-refractivity contribution < 1.29 is 9.59 Å². The maximum atomic E-state index is 13.0. The number of aryl methyl sites for hydroxylation is 2. The maximum Gasteiger partial charge on any atom is 0.248 e. The average Bonchev–Trinajstić information content (AvgIpc) is 3.18. The third-order valence-electron chi connectivity index (χ3n) is 5.31. The molecule has 0 saturated carbocycles. The number of thioether (sulfide) groups is 1. The predicted octanol–water partition coefficient (Wildman–Crippen LogP) is 3.83. The maximum absolute atomic E-state index is 13.0. The van der Waals surface area contributed by atoms with Gasteiger partial charge in [0.25, 0.3) is 0 Å². The molecule has 2 heterocycles. The summed E-state index contributed by atoms with van der Waals surface area (Å²) >= 11 is 1.72. The molecule has 2 aliphatic heterocycles. The predicted molar refractivity (Wildman–Crippen MR) is 105 cm³/mol. The molecule has 1 N–H and O–H groups in total. The molecule has 2 saturated heterocycles. The van der Waals surface area contributed by atoms with Crippen LogP contribution in [0.25, 0.3) is 0 Å². The summed E-state index contributed by atoms with van der Waals surface area (Å²) in [7, 11) is 0. The summed E-state index contributed by atoms with van der Waals surface area (Å²) in [6.45, 7) is 3.98. The van der Waals surface area contributed by atoms with Crippen molar-refractivity contribution in [2.45, 2.75) is 37.6 Å². The van der Waals surface area contributed by atoms with Crippen LogP contribution in [-0.2, 0) is 14.5 Å². The number of rotatable bonds is 3. The summed E-state index contributed by atoms with van der Waals surface area (Å²) in [4.78, 5) is 27.1. The Morgan fingerprint density at radius 2 is 1.96 bits per heavy atom. The molecule has 2 atom stereocenters. The van der Waals surface area contributed by atoms with Gasteiger partial charge in [0.05, 0.1) is 0 Å². The molecule has 0 aliphatic carbocycles. The second-order valence-electron chi connectivity index (χ2n) is 7.05. The third-order valence-corrected chi connectivity index (χ3v) is 6.90. The van der Waals surface area contributed by atoms with E-state index in [0.717, 1.165) is 28.8 Å². The molecule has 0 spiro atoms. The Morgan fingerprint density at radius 3 is 2.73 bits per heavy atom. The van der Waals surface area contributed by atoms with E-state index in [1.54, 1.807) is 11.8 Å². The Kier molecular flexibility index (Phi) is 4.27. The Morgan fingerprint density at radius 1 is 1.19 bits per heavy atom. The standard InChI is InChI=1S/C21H22N2O2S/c1-14-8-9-15(2)17(12-14)22-20(25)18-13-26-21(11-10-19(24)23(18)21)16-6-4-3-5-7-16/h3-9,12,18H,10-11,13H2,1-2H3,(H,22,25)/t18-,21-/m0/s1. The van der Waals surface area contributed by atoms with Gasteiger partial charge in [0.1, 0.15) is 10.9 Å². The number of hydrogen-bond donors (Lipinski definition) is 1. The van der Waals surface area contributed by atoms with E-state index in [4.69, 9.17) is 0 Å². The van der Waals surface area contributed by atoms with E-state index < -0.39 is 10.9 Å². The van der Waals surface area contributed by atoms with E-state index in [-0.39, 0.29) is 11.8 Å². The minimum Gasteiger partial charge on any atom is -0.324 e. The fourth-order valence-electron chi connectivity index (χ4n) is 3.92. The normalized spacial score (nSPS) is 24.6. The Bertz CT molecular complexity index is 868. The van der Waals surface area contributed by atoms with Gasteiger partial charge in [-0.1, -0.05) is 42.5 Å². The largest absolute Gasteiger partial charge is 0.324 e. The molecule has 2 aliphatic rings. The van der Waals surface area contributed by atoms with Crippen molar-refractivity contribution in [1.29, 1.82) is 0 Å². The van der Waals surface area contributed by atoms with E-state index >= 15 is 0 Å². The van der Waals surface area contributed by atoms with E-state index in [0.29, 0.717) is 12.2 Å². The number of carbonyl (C=O) groups excluding carboxylic acids is 2. The molecule has 2 aromatic carbocycles. The highest BCUT2D eigenvalue weighted by atomic mass is 32.2. The monoisotopic (exact) mass is 366 g/mol. The molecular formula is C21H22N2O2S. The fraction of sp³-hybridized carbons (Fsp3) is 0.333. The second-order valence-corrected chi connectivity index (χ2v) is 8.35. The highest BCUT2D eigenvalue weighted by Crippen LogP contribution is 2.54. The first-order valence-corrected chi connectivity index (χ1v) is 9.89. The molecule has 134 valence electrons. The number of nitrogens with one attached hydrogen (secondary N) is 1. The molecule has 26 heavy (non-hydrogen) atoms. The van der Waals surface area contributed by atoms with Crippen LogP contribution in [0, 0.1) is 13.8 Å². The third kappa shape index (κ3) is 2.71. The first-order chi connectivity index (χ1) is 12.5. The topological polar surface area (TPSA) is 49.4 Å². The zero-order valence-corrected chi connectivity index (χ0v) is 15.8. The number of hydrogen-bond acceptors (Lipinski definition) is 3. The van der Waals surface area contributed by atoms with Crippen molar-refractivity contribution in [3.63, 3.8) is 0 Å². The van der Waals surface area contributed by atoms with Crippen LogP contribution in [0.3, 0.4) is 0 Å². The Labute approximate surface area is 158 Å². The zero-order valence-electron chi connectivity index (χ0n) is 15.0. The van der Waals surface area contributed by atoms with Gasteiger partial charge in [-0.2, -0.15) is 0 Å². The molecule has 4 nitrogen and oxygen atoms in total. The van der Waals surface area contributed by atoms with Crippen LogP contribution in [0.15, 0.2) is 48.5 Å². The van der Waals surface area contributed by atoms with Crippen LogP contribution >= 0.6 is 11.8 Å². The summed E-state index contributed by atoms with van der Waals surface area (Å²) in [6, 6.07) is 15.7. The molecule has 0 bridgehead atoms. The first kappa shape index (κ1) is 17.2. The van der Waals surface area contributed by atoms with E-state index in [1.807, 2.05) is 55.1 Å². The van der Waals surface area contributed by atoms with Crippen LogP contribution in [0.4, 0.5) is 5.69 Å². The molecule has 4 rings (SSSR count). The summed E-state index contributed by atoms with van der Waals surface area (Å²) in [5.74, 6) is 0.594. The molecule has 0 unspecified atom stereocenters. The smallest absolute Gasteiger partial charge is 0.248 e. The van der Waals surface area contributed by atoms with Gasteiger partial charge >= 0.3 is 0 Å². The highest BCUT2D eigenvalue weighted by Gasteiger charge is 2.56.